The van der Waals surface area contributed by atoms with Gasteiger partial charge < -0.3 is 10.5 Å². The average molecular weight is 225 g/mol. The molecule has 0 saturated carbocycles. The fourth-order valence-electron chi connectivity index (χ4n) is 1.39. The summed E-state index contributed by atoms with van der Waals surface area (Å²) in [5, 5.41) is 0.533. The molecule has 84 valence electrons. The van der Waals surface area contributed by atoms with E-state index in [1.807, 2.05) is 17.8 Å². The molecule has 0 bridgehead atoms. The Morgan fingerprint density at radius 2 is 2.20 bits per heavy atom. The van der Waals surface area contributed by atoms with Gasteiger partial charge in [-0.3, -0.25) is 0 Å². The Balaban J connectivity index is 2.77. The molecule has 2 nitrogen and oxygen atoms in total. The second kappa shape index (κ2) is 6.03. The minimum Gasteiger partial charge on any atom is -0.496 e. The van der Waals surface area contributed by atoms with Gasteiger partial charge >= 0.3 is 0 Å². The van der Waals surface area contributed by atoms with Crippen LogP contribution in [0.25, 0.3) is 0 Å². The summed E-state index contributed by atoms with van der Waals surface area (Å²) in [7, 11) is 1.71. The van der Waals surface area contributed by atoms with E-state index in [4.69, 9.17) is 10.5 Å². The predicted molar refractivity (Wildman–Crippen MR) is 66.7 cm³/mol. The second-order valence-corrected chi connectivity index (χ2v) is 5.14. The van der Waals surface area contributed by atoms with E-state index in [9.17, 15) is 0 Å². The van der Waals surface area contributed by atoms with E-state index < -0.39 is 0 Å². The quantitative estimate of drug-likeness (QED) is 0.783. The number of thioether (sulfide) groups is 1. The molecule has 1 rings (SSSR count). The normalized spacial score (nSPS) is 12.5. The van der Waals surface area contributed by atoms with Crippen LogP contribution in [-0.4, -0.2) is 18.9 Å². The molecule has 0 aliphatic rings. The van der Waals surface area contributed by atoms with Crippen LogP contribution in [0.3, 0.4) is 0 Å². The van der Waals surface area contributed by atoms with Crippen LogP contribution < -0.4 is 10.5 Å². The average Bonchev–Trinajstić information content (AvgIpc) is 2.18. The van der Waals surface area contributed by atoms with Gasteiger partial charge in [-0.1, -0.05) is 13.0 Å². The molecule has 0 aromatic heterocycles. The largest absolute Gasteiger partial charge is 0.496 e. The van der Waals surface area contributed by atoms with Gasteiger partial charge in [-0.2, -0.15) is 0 Å². The van der Waals surface area contributed by atoms with Crippen LogP contribution in [0, 0.1) is 6.92 Å². The van der Waals surface area contributed by atoms with Gasteiger partial charge in [0, 0.05) is 10.1 Å². The third-order valence-electron chi connectivity index (χ3n) is 2.22. The first-order valence-corrected chi connectivity index (χ1v) is 6.06. The summed E-state index contributed by atoms with van der Waals surface area (Å²) in [6.07, 6.45) is 1.03. The molecule has 0 aliphatic carbocycles. The maximum atomic E-state index is 5.54. The van der Waals surface area contributed by atoms with Crippen molar-refractivity contribution in [2.24, 2.45) is 5.73 Å². The number of nitrogens with two attached hydrogens (primary N) is 1. The molecule has 1 unspecified atom stereocenters. The first-order valence-electron chi connectivity index (χ1n) is 5.18. The number of rotatable bonds is 5. The fourth-order valence-corrected chi connectivity index (χ4v) is 2.60. The van der Waals surface area contributed by atoms with E-state index >= 15 is 0 Å². The molecule has 1 atom stereocenters. The molecule has 15 heavy (non-hydrogen) atoms. The Bertz CT molecular complexity index is 314. The van der Waals surface area contributed by atoms with E-state index in [2.05, 4.69) is 26.0 Å². The van der Waals surface area contributed by atoms with Crippen LogP contribution in [0.1, 0.15) is 18.9 Å². The molecule has 0 amide bonds. The van der Waals surface area contributed by atoms with E-state index in [1.165, 1.54) is 10.5 Å². The number of benzene rings is 1. The summed E-state index contributed by atoms with van der Waals surface area (Å²) in [6.45, 7) is 5.03. The number of hydrogen-bond donors (Lipinski definition) is 1. The standard InChI is InChI=1S/C12H19NOS/c1-9-4-5-11(14-3)12(8-9)15-10(2)6-7-13/h4-5,8,10H,6-7,13H2,1-3H3. The Morgan fingerprint density at radius 1 is 1.47 bits per heavy atom. The van der Waals surface area contributed by atoms with E-state index in [0.29, 0.717) is 5.25 Å². The maximum Gasteiger partial charge on any atom is 0.132 e. The SMILES string of the molecule is COc1ccc(C)cc1SC(C)CCN. The topological polar surface area (TPSA) is 35.2 Å². The van der Waals surface area contributed by atoms with Crippen molar-refractivity contribution in [1.82, 2.24) is 0 Å². The van der Waals surface area contributed by atoms with Crippen molar-refractivity contribution in [3.05, 3.63) is 23.8 Å². The predicted octanol–water partition coefficient (Wildman–Crippen LogP) is 2.83. The molecule has 0 saturated heterocycles. The molecule has 0 heterocycles. The molecule has 0 radical (unpaired) electrons. The van der Waals surface area contributed by atoms with E-state index in [-0.39, 0.29) is 0 Å². The Morgan fingerprint density at radius 3 is 2.80 bits per heavy atom. The minimum atomic E-state index is 0.533. The van der Waals surface area contributed by atoms with E-state index in [1.54, 1.807) is 7.11 Å². The minimum absolute atomic E-state index is 0.533. The van der Waals surface area contributed by atoms with Gasteiger partial charge in [-0.15, -0.1) is 11.8 Å². The molecular formula is C12H19NOS. The molecule has 1 aromatic rings. The summed E-state index contributed by atoms with van der Waals surface area (Å²) in [4.78, 5) is 1.21. The molecule has 0 aliphatic heterocycles. The number of aryl methyl sites for hydroxylation is 1. The van der Waals surface area contributed by atoms with Crippen molar-refractivity contribution in [2.75, 3.05) is 13.7 Å². The third kappa shape index (κ3) is 3.76. The lowest BCUT2D eigenvalue weighted by molar-refractivity contribution is 0.404. The van der Waals surface area contributed by atoms with Gasteiger partial charge in [0.15, 0.2) is 0 Å². The monoisotopic (exact) mass is 225 g/mol. The van der Waals surface area contributed by atoms with Crippen LogP contribution in [0.5, 0.6) is 5.75 Å². The van der Waals surface area contributed by atoms with Crippen LogP contribution in [-0.2, 0) is 0 Å². The van der Waals surface area contributed by atoms with Gasteiger partial charge in [0.25, 0.3) is 0 Å². The highest BCUT2D eigenvalue weighted by Crippen LogP contribution is 2.33. The molecular weight excluding hydrogens is 206 g/mol. The van der Waals surface area contributed by atoms with Gasteiger partial charge in [0.05, 0.1) is 7.11 Å². The first-order chi connectivity index (χ1) is 7.17. The smallest absolute Gasteiger partial charge is 0.132 e. The van der Waals surface area contributed by atoms with Gasteiger partial charge in [-0.25, -0.2) is 0 Å². The summed E-state index contributed by atoms with van der Waals surface area (Å²) in [5.41, 5.74) is 6.80. The zero-order valence-corrected chi connectivity index (χ0v) is 10.4. The molecule has 1 aromatic carbocycles. The Labute approximate surface area is 96.2 Å². The first kappa shape index (κ1) is 12.4. The summed E-state index contributed by atoms with van der Waals surface area (Å²) >= 11 is 1.83. The molecule has 2 N–H and O–H groups in total. The highest BCUT2D eigenvalue weighted by atomic mass is 32.2. The van der Waals surface area contributed by atoms with Crippen LogP contribution in [0.15, 0.2) is 23.1 Å². The number of hydrogen-bond acceptors (Lipinski definition) is 3. The van der Waals surface area contributed by atoms with Gasteiger partial charge in [0.1, 0.15) is 5.75 Å². The van der Waals surface area contributed by atoms with Crippen LogP contribution >= 0.6 is 11.8 Å². The Kier molecular flexibility index (Phi) is 4.99. The van der Waals surface area contributed by atoms with Crippen molar-refractivity contribution in [3.8, 4) is 5.75 Å². The van der Waals surface area contributed by atoms with Crippen molar-refractivity contribution >= 4 is 11.8 Å². The molecule has 0 spiro atoms. The van der Waals surface area contributed by atoms with E-state index in [0.717, 1.165) is 18.7 Å². The third-order valence-corrected chi connectivity index (χ3v) is 3.43. The van der Waals surface area contributed by atoms with Gasteiger partial charge in [0.2, 0.25) is 0 Å². The molecule has 3 heteroatoms. The van der Waals surface area contributed by atoms with Crippen molar-refractivity contribution in [2.45, 2.75) is 30.4 Å². The highest BCUT2D eigenvalue weighted by Gasteiger charge is 2.08. The lowest BCUT2D eigenvalue weighted by Crippen LogP contribution is -2.07. The summed E-state index contributed by atoms with van der Waals surface area (Å²) in [6, 6.07) is 6.25. The number of methoxy groups -OCH3 is 1. The molecule has 0 fully saturated rings. The lowest BCUT2D eigenvalue weighted by atomic mass is 10.2. The van der Waals surface area contributed by atoms with Crippen LogP contribution in [0.2, 0.25) is 0 Å². The maximum absolute atomic E-state index is 5.54. The second-order valence-electron chi connectivity index (χ2n) is 3.66. The van der Waals surface area contributed by atoms with Gasteiger partial charge in [-0.05, 0) is 37.6 Å². The van der Waals surface area contributed by atoms with Crippen LogP contribution in [0.4, 0.5) is 0 Å². The summed E-state index contributed by atoms with van der Waals surface area (Å²) < 4.78 is 5.33. The fraction of sp³-hybridized carbons (Fsp3) is 0.500. The van der Waals surface area contributed by atoms with Crippen molar-refractivity contribution < 1.29 is 4.74 Å². The van der Waals surface area contributed by atoms with Crippen molar-refractivity contribution in [3.63, 3.8) is 0 Å². The summed E-state index contributed by atoms with van der Waals surface area (Å²) in [5.74, 6) is 0.953. The zero-order valence-electron chi connectivity index (χ0n) is 9.62. The highest BCUT2D eigenvalue weighted by molar-refractivity contribution is 8.00. The van der Waals surface area contributed by atoms with Crippen molar-refractivity contribution in [1.29, 1.82) is 0 Å². The zero-order chi connectivity index (χ0) is 11.3. The lowest BCUT2D eigenvalue weighted by Gasteiger charge is -2.13. The Hall–Kier alpha value is -0.670. The number of ether oxygens (including phenoxy) is 1.